The predicted molar refractivity (Wildman–Crippen MR) is 148 cm³/mol. The Morgan fingerprint density at radius 1 is 1.08 bits per heavy atom. The molecule has 0 saturated carbocycles. The molecular formula is C28H32N4O4S. The van der Waals surface area contributed by atoms with E-state index in [0.717, 1.165) is 34.3 Å². The van der Waals surface area contributed by atoms with Crippen LogP contribution in [0.5, 0.6) is 11.5 Å². The van der Waals surface area contributed by atoms with Crippen molar-refractivity contribution in [1.29, 1.82) is 0 Å². The van der Waals surface area contributed by atoms with Gasteiger partial charge < -0.3 is 30.4 Å². The average Bonchev–Trinajstić information content (AvgIpc) is 3.56. The topological polar surface area (TPSA) is 110 Å². The van der Waals surface area contributed by atoms with E-state index in [-0.39, 0.29) is 11.8 Å². The maximum atomic E-state index is 12.8. The molecule has 2 aromatic carbocycles. The summed E-state index contributed by atoms with van der Waals surface area (Å²) in [4.78, 5) is 31.7. The standard InChI is InChI=1S/C28H32N4O4S/c1-32(28(34)23(29)17-22-7-5-13-37-22)12-4-6-20-15-19-14-18(8-10-24(19)30-20)27(33)31-21-9-11-25(35-2)26(16-21)36-3/h5,7-11,13-16,23,30H,4,6,12,17,29H2,1-3H3,(H,31,33). The molecule has 0 fully saturated rings. The maximum Gasteiger partial charge on any atom is 0.255 e. The number of amides is 2. The minimum absolute atomic E-state index is 0.0461. The molecule has 0 spiro atoms. The van der Waals surface area contributed by atoms with E-state index in [2.05, 4.69) is 10.3 Å². The van der Waals surface area contributed by atoms with Crippen LogP contribution in [0.25, 0.3) is 10.9 Å². The number of aromatic nitrogens is 1. The first-order valence-corrected chi connectivity index (χ1v) is 12.9. The number of rotatable bonds is 11. The van der Waals surface area contributed by atoms with E-state index in [1.54, 1.807) is 61.8 Å². The van der Waals surface area contributed by atoms with Crippen molar-refractivity contribution in [3.05, 3.63) is 76.1 Å². The van der Waals surface area contributed by atoms with Gasteiger partial charge in [0.25, 0.3) is 5.91 Å². The van der Waals surface area contributed by atoms with Crippen molar-refractivity contribution in [2.45, 2.75) is 25.3 Å². The molecule has 2 amide bonds. The minimum atomic E-state index is -0.528. The number of ether oxygens (including phenoxy) is 2. The second kappa shape index (κ2) is 11.9. The lowest BCUT2D eigenvalue weighted by Crippen LogP contribution is -2.43. The van der Waals surface area contributed by atoms with E-state index in [9.17, 15) is 9.59 Å². The summed E-state index contributed by atoms with van der Waals surface area (Å²) in [5.74, 6) is 0.882. The Morgan fingerprint density at radius 3 is 2.62 bits per heavy atom. The number of fused-ring (bicyclic) bond motifs is 1. The third-order valence-corrected chi connectivity index (χ3v) is 7.11. The van der Waals surface area contributed by atoms with Crippen LogP contribution < -0.4 is 20.5 Å². The molecule has 0 aliphatic heterocycles. The van der Waals surface area contributed by atoms with Crippen LogP contribution in [-0.4, -0.2) is 55.6 Å². The van der Waals surface area contributed by atoms with E-state index in [1.165, 1.54) is 0 Å². The van der Waals surface area contributed by atoms with Crippen molar-refractivity contribution in [3.63, 3.8) is 0 Å². The first-order valence-electron chi connectivity index (χ1n) is 12.1. The molecule has 37 heavy (non-hydrogen) atoms. The molecular weight excluding hydrogens is 488 g/mol. The largest absolute Gasteiger partial charge is 0.493 e. The molecule has 8 nitrogen and oxygen atoms in total. The molecule has 1 atom stereocenters. The molecule has 0 radical (unpaired) electrons. The van der Waals surface area contributed by atoms with Crippen molar-refractivity contribution in [1.82, 2.24) is 9.88 Å². The number of nitrogens with one attached hydrogen (secondary N) is 2. The normalized spacial score (nSPS) is 11.8. The molecule has 2 heterocycles. The van der Waals surface area contributed by atoms with E-state index in [4.69, 9.17) is 15.2 Å². The summed E-state index contributed by atoms with van der Waals surface area (Å²) >= 11 is 1.61. The van der Waals surface area contributed by atoms with Crippen LogP contribution in [-0.2, 0) is 17.6 Å². The number of nitrogens with two attached hydrogens (primary N) is 1. The zero-order chi connectivity index (χ0) is 26.4. The molecule has 1 unspecified atom stereocenters. The van der Waals surface area contributed by atoms with Gasteiger partial charge in [-0.2, -0.15) is 0 Å². The minimum Gasteiger partial charge on any atom is -0.493 e. The summed E-state index contributed by atoms with van der Waals surface area (Å²) in [5, 5.41) is 5.85. The number of anilines is 1. The number of aromatic amines is 1. The monoisotopic (exact) mass is 520 g/mol. The van der Waals surface area contributed by atoms with E-state index in [0.29, 0.717) is 35.7 Å². The predicted octanol–water partition coefficient (Wildman–Crippen LogP) is 4.46. The zero-order valence-electron chi connectivity index (χ0n) is 21.2. The Labute approximate surface area is 220 Å². The van der Waals surface area contributed by atoms with Gasteiger partial charge in [-0.1, -0.05) is 6.07 Å². The fourth-order valence-corrected chi connectivity index (χ4v) is 4.98. The summed E-state index contributed by atoms with van der Waals surface area (Å²) < 4.78 is 10.6. The molecule has 4 aromatic rings. The highest BCUT2D eigenvalue weighted by Crippen LogP contribution is 2.30. The van der Waals surface area contributed by atoms with Crippen molar-refractivity contribution in [2.24, 2.45) is 5.73 Å². The van der Waals surface area contributed by atoms with Gasteiger partial charge in [-0.05, 0) is 60.7 Å². The number of methoxy groups -OCH3 is 2. The Balaban J connectivity index is 1.32. The SMILES string of the molecule is COc1ccc(NC(=O)c2ccc3[nH]c(CCCN(C)C(=O)C(N)Cc4cccs4)cc3c2)cc1OC. The third-order valence-electron chi connectivity index (χ3n) is 6.21. The fourth-order valence-electron chi connectivity index (χ4n) is 4.22. The van der Waals surface area contributed by atoms with Gasteiger partial charge in [-0.25, -0.2) is 0 Å². The molecule has 2 aromatic heterocycles. The number of H-pyrrole nitrogens is 1. The Kier molecular flexibility index (Phi) is 8.47. The summed E-state index contributed by atoms with van der Waals surface area (Å²) in [5.41, 5.74) is 9.30. The van der Waals surface area contributed by atoms with E-state index < -0.39 is 6.04 Å². The zero-order valence-corrected chi connectivity index (χ0v) is 22.1. The summed E-state index contributed by atoms with van der Waals surface area (Å²) in [7, 11) is 4.92. The highest BCUT2D eigenvalue weighted by atomic mass is 32.1. The van der Waals surface area contributed by atoms with Gasteiger partial charge in [0.15, 0.2) is 11.5 Å². The van der Waals surface area contributed by atoms with Crippen molar-refractivity contribution >= 4 is 39.7 Å². The smallest absolute Gasteiger partial charge is 0.255 e. The summed E-state index contributed by atoms with van der Waals surface area (Å²) in [6, 6.07) is 16.3. The molecule has 0 aliphatic carbocycles. The average molecular weight is 521 g/mol. The summed E-state index contributed by atoms with van der Waals surface area (Å²) in [6.45, 7) is 0.616. The second-order valence-corrected chi connectivity index (χ2v) is 9.91. The highest BCUT2D eigenvalue weighted by molar-refractivity contribution is 7.09. The lowest BCUT2D eigenvalue weighted by Gasteiger charge is -2.21. The Morgan fingerprint density at radius 2 is 1.89 bits per heavy atom. The Bertz CT molecular complexity index is 1370. The van der Waals surface area contributed by atoms with Gasteiger partial charge in [-0.15, -0.1) is 11.3 Å². The van der Waals surface area contributed by atoms with Crippen LogP contribution in [0.2, 0.25) is 0 Å². The van der Waals surface area contributed by atoms with Gasteiger partial charge in [-0.3, -0.25) is 9.59 Å². The number of carbonyl (C=O) groups excluding carboxylic acids is 2. The number of nitrogens with zero attached hydrogens (tertiary/aromatic N) is 1. The van der Waals surface area contributed by atoms with E-state index in [1.807, 2.05) is 35.7 Å². The number of carbonyl (C=O) groups is 2. The number of aryl methyl sites for hydroxylation is 1. The second-order valence-electron chi connectivity index (χ2n) is 8.87. The molecule has 9 heteroatoms. The number of likely N-dealkylation sites (N-methyl/N-ethyl adjacent to an activating group) is 1. The number of thiophene rings is 1. The van der Waals surface area contributed by atoms with Crippen LogP contribution in [0.1, 0.15) is 27.3 Å². The quantitative estimate of drug-likeness (QED) is 0.271. The highest BCUT2D eigenvalue weighted by Gasteiger charge is 2.19. The first-order chi connectivity index (χ1) is 17.9. The first kappa shape index (κ1) is 26.2. The molecule has 194 valence electrons. The molecule has 0 bridgehead atoms. The maximum absolute atomic E-state index is 12.8. The van der Waals surface area contributed by atoms with Gasteiger partial charge in [0, 0.05) is 58.8 Å². The van der Waals surface area contributed by atoms with Gasteiger partial charge in [0.05, 0.1) is 20.3 Å². The van der Waals surface area contributed by atoms with Gasteiger partial charge in [0.1, 0.15) is 0 Å². The van der Waals surface area contributed by atoms with Crippen LogP contribution in [0, 0.1) is 0 Å². The number of hydrogen-bond donors (Lipinski definition) is 3. The molecule has 0 aliphatic rings. The van der Waals surface area contributed by atoms with Crippen molar-refractivity contribution < 1.29 is 19.1 Å². The molecule has 0 saturated heterocycles. The molecule has 4 rings (SSSR count). The van der Waals surface area contributed by atoms with Crippen molar-refractivity contribution in [3.8, 4) is 11.5 Å². The van der Waals surface area contributed by atoms with Crippen LogP contribution >= 0.6 is 11.3 Å². The Hall–Kier alpha value is -3.82. The van der Waals surface area contributed by atoms with Gasteiger partial charge in [0.2, 0.25) is 5.91 Å². The number of benzene rings is 2. The lowest BCUT2D eigenvalue weighted by molar-refractivity contribution is -0.131. The van der Waals surface area contributed by atoms with Crippen LogP contribution in [0.4, 0.5) is 5.69 Å². The summed E-state index contributed by atoms with van der Waals surface area (Å²) in [6.07, 6.45) is 2.14. The van der Waals surface area contributed by atoms with E-state index >= 15 is 0 Å². The lowest BCUT2D eigenvalue weighted by atomic mass is 10.1. The molecule has 4 N–H and O–H groups in total. The third kappa shape index (κ3) is 6.49. The van der Waals surface area contributed by atoms with Crippen molar-refractivity contribution in [2.75, 3.05) is 33.1 Å². The van der Waals surface area contributed by atoms with Crippen LogP contribution in [0.15, 0.2) is 60.0 Å². The van der Waals surface area contributed by atoms with Crippen LogP contribution in [0.3, 0.4) is 0 Å². The van der Waals surface area contributed by atoms with Gasteiger partial charge >= 0.3 is 0 Å². The fraction of sp³-hybridized carbons (Fsp3) is 0.286. The number of hydrogen-bond acceptors (Lipinski definition) is 6.